The highest BCUT2D eigenvalue weighted by atomic mass is 16.5. The van der Waals surface area contributed by atoms with E-state index in [0.29, 0.717) is 68.4 Å². The minimum absolute atomic E-state index is 0.0891. The lowest BCUT2D eigenvalue weighted by molar-refractivity contribution is -0.132. The second kappa shape index (κ2) is 9.28. The molecule has 1 fully saturated rings. The van der Waals surface area contributed by atoms with E-state index in [1.54, 1.807) is 21.9 Å². The molecule has 2 amide bonds. The lowest BCUT2D eigenvalue weighted by Crippen LogP contribution is -2.50. The third-order valence-electron chi connectivity index (χ3n) is 4.45. The van der Waals surface area contributed by atoms with Crippen LogP contribution in [-0.4, -0.2) is 75.7 Å². The predicted molar refractivity (Wildman–Crippen MR) is 96.9 cm³/mol. The van der Waals surface area contributed by atoms with Gasteiger partial charge in [-0.2, -0.15) is 0 Å². The van der Waals surface area contributed by atoms with Crippen LogP contribution in [0.1, 0.15) is 23.2 Å². The molecular weight excluding hydrogens is 338 g/mol. The molecule has 0 bridgehead atoms. The molecule has 8 nitrogen and oxygen atoms in total. The second-order valence-electron chi connectivity index (χ2n) is 5.95. The first kappa shape index (κ1) is 19.8. The number of carbonyl (C=O) groups is 2. The number of piperazine rings is 1. The summed E-state index contributed by atoms with van der Waals surface area (Å²) in [5.41, 5.74) is 5.86. The van der Waals surface area contributed by atoms with Crippen LogP contribution in [0.2, 0.25) is 0 Å². The standard InChI is InChI=1S/C18H27N3O5/c1-24-14-7-6-13(16(25-2)17(14)26-3)18(23)21-11-9-20(10-12-21)15(22)5-4-8-19/h6-7H,4-5,8-12,19H2,1-3H3. The molecule has 0 aromatic heterocycles. The second-order valence-corrected chi connectivity index (χ2v) is 5.95. The number of methoxy groups -OCH3 is 3. The van der Waals surface area contributed by atoms with Gasteiger partial charge >= 0.3 is 0 Å². The largest absolute Gasteiger partial charge is 0.493 e. The number of carbonyl (C=O) groups excluding carboxylic acids is 2. The Kier molecular flexibility index (Phi) is 7.08. The SMILES string of the molecule is COc1ccc(C(=O)N2CCN(C(=O)CCCN)CC2)c(OC)c1OC. The zero-order valence-corrected chi connectivity index (χ0v) is 15.6. The van der Waals surface area contributed by atoms with E-state index < -0.39 is 0 Å². The number of nitrogens with two attached hydrogens (primary N) is 1. The Hall–Kier alpha value is -2.48. The number of ether oxygens (including phenoxy) is 3. The molecule has 26 heavy (non-hydrogen) atoms. The van der Waals surface area contributed by atoms with Crippen molar-refractivity contribution < 1.29 is 23.8 Å². The Bertz CT molecular complexity index is 642. The van der Waals surface area contributed by atoms with Crippen LogP contribution in [0.5, 0.6) is 17.2 Å². The Labute approximate surface area is 153 Å². The van der Waals surface area contributed by atoms with Gasteiger partial charge < -0.3 is 29.7 Å². The molecule has 144 valence electrons. The van der Waals surface area contributed by atoms with Gasteiger partial charge in [-0.15, -0.1) is 0 Å². The zero-order chi connectivity index (χ0) is 19.1. The van der Waals surface area contributed by atoms with Crippen molar-refractivity contribution in [1.82, 2.24) is 9.80 Å². The summed E-state index contributed by atoms with van der Waals surface area (Å²) in [5.74, 6) is 1.16. The van der Waals surface area contributed by atoms with E-state index in [0.717, 1.165) is 0 Å². The maximum atomic E-state index is 12.9. The summed E-state index contributed by atoms with van der Waals surface area (Å²) in [7, 11) is 4.52. The predicted octanol–water partition coefficient (Wildman–Crippen LogP) is 0.736. The highest BCUT2D eigenvalue weighted by molar-refractivity contribution is 5.98. The number of rotatable bonds is 7. The number of benzene rings is 1. The Balaban J connectivity index is 2.10. The van der Waals surface area contributed by atoms with Gasteiger partial charge in [0.25, 0.3) is 5.91 Å². The summed E-state index contributed by atoms with van der Waals surface area (Å²) in [6.45, 7) is 2.49. The number of hydrogen-bond donors (Lipinski definition) is 1. The topological polar surface area (TPSA) is 94.3 Å². The van der Waals surface area contributed by atoms with Crippen LogP contribution in [0.4, 0.5) is 0 Å². The molecule has 1 aliphatic rings. The first-order chi connectivity index (χ1) is 12.6. The van der Waals surface area contributed by atoms with Crippen LogP contribution in [0.3, 0.4) is 0 Å². The van der Waals surface area contributed by atoms with Crippen LogP contribution in [0.25, 0.3) is 0 Å². The van der Waals surface area contributed by atoms with Crippen LogP contribution in [0, 0.1) is 0 Å². The van der Waals surface area contributed by atoms with Gasteiger partial charge in [0.15, 0.2) is 11.5 Å². The fraction of sp³-hybridized carbons (Fsp3) is 0.556. The highest BCUT2D eigenvalue weighted by Crippen LogP contribution is 2.40. The molecule has 8 heteroatoms. The van der Waals surface area contributed by atoms with Gasteiger partial charge in [0.1, 0.15) is 0 Å². The molecule has 1 heterocycles. The van der Waals surface area contributed by atoms with Gasteiger partial charge in [0.2, 0.25) is 11.7 Å². The fourth-order valence-corrected chi connectivity index (χ4v) is 3.01. The van der Waals surface area contributed by atoms with Crippen molar-refractivity contribution in [2.45, 2.75) is 12.8 Å². The van der Waals surface area contributed by atoms with Crippen molar-refractivity contribution in [3.63, 3.8) is 0 Å². The summed E-state index contributed by atoms with van der Waals surface area (Å²) in [4.78, 5) is 28.5. The van der Waals surface area contributed by atoms with Gasteiger partial charge in [0, 0.05) is 32.6 Å². The molecule has 1 aromatic carbocycles. The van der Waals surface area contributed by atoms with Crippen LogP contribution >= 0.6 is 0 Å². The molecule has 1 aliphatic heterocycles. The molecule has 0 unspecified atom stereocenters. The molecule has 0 radical (unpaired) electrons. The van der Waals surface area contributed by atoms with Gasteiger partial charge in [0.05, 0.1) is 26.9 Å². The summed E-state index contributed by atoms with van der Waals surface area (Å²) in [6, 6.07) is 3.35. The van der Waals surface area contributed by atoms with Crippen molar-refractivity contribution >= 4 is 11.8 Å². The number of nitrogens with zero attached hydrogens (tertiary/aromatic N) is 2. The quantitative estimate of drug-likeness (QED) is 0.766. The van der Waals surface area contributed by atoms with Crippen molar-refractivity contribution in [1.29, 1.82) is 0 Å². The van der Waals surface area contributed by atoms with Crippen molar-refractivity contribution in [2.24, 2.45) is 5.73 Å². The molecule has 1 aromatic rings. The first-order valence-corrected chi connectivity index (χ1v) is 8.63. The Morgan fingerprint density at radius 3 is 2.12 bits per heavy atom. The smallest absolute Gasteiger partial charge is 0.257 e. The average molecular weight is 365 g/mol. The highest BCUT2D eigenvalue weighted by Gasteiger charge is 2.28. The molecule has 0 atom stereocenters. The third-order valence-corrected chi connectivity index (χ3v) is 4.45. The van der Waals surface area contributed by atoms with Crippen LogP contribution in [-0.2, 0) is 4.79 Å². The summed E-state index contributed by atoms with van der Waals surface area (Å²) in [5, 5.41) is 0. The third kappa shape index (κ3) is 4.19. The van der Waals surface area contributed by atoms with Crippen LogP contribution in [0.15, 0.2) is 12.1 Å². The normalized spacial score (nSPS) is 14.2. The first-order valence-electron chi connectivity index (χ1n) is 8.63. The minimum atomic E-state index is -0.156. The van der Waals surface area contributed by atoms with Crippen LogP contribution < -0.4 is 19.9 Å². The fourth-order valence-electron chi connectivity index (χ4n) is 3.01. The van der Waals surface area contributed by atoms with Gasteiger partial charge in [-0.25, -0.2) is 0 Å². The van der Waals surface area contributed by atoms with Crippen molar-refractivity contribution in [2.75, 3.05) is 54.1 Å². The molecule has 0 spiro atoms. The van der Waals surface area contributed by atoms with E-state index in [9.17, 15) is 9.59 Å². The van der Waals surface area contributed by atoms with E-state index in [2.05, 4.69) is 0 Å². The number of hydrogen-bond acceptors (Lipinski definition) is 6. The molecule has 0 saturated carbocycles. The number of amides is 2. The van der Waals surface area contributed by atoms with Gasteiger partial charge in [-0.3, -0.25) is 9.59 Å². The molecule has 0 aliphatic carbocycles. The maximum absolute atomic E-state index is 12.9. The summed E-state index contributed by atoms with van der Waals surface area (Å²) >= 11 is 0. The summed E-state index contributed by atoms with van der Waals surface area (Å²) in [6.07, 6.45) is 1.13. The van der Waals surface area contributed by atoms with E-state index in [1.165, 1.54) is 21.3 Å². The molecule has 2 N–H and O–H groups in total. The van der Waals surface area contributed by atoms with E-state index in [1.807, 2.05) is 0 Å². The zero-order valence-electron chi connectivity index (χ0n) is 15.6. The van der Waals surface area contributed by atoms with Gasteiger partial charge in [-0.1, -0.05) is 0 Å². The van der Waals surface area contributed by atoms with Gasteiger partial charge in [-0.05, 0) is 25.1 Å². The monoisotopic (exact) mass is 365 g/mol. The minimum Gasteiger partial charge on any atom is -0.493 e. The van der Waals surface area contributed by atoms with Crippen molar-refractivity contribution in [3.8, 4) is 17.2 Å². The van der Waals surface area contributed by atoms with E-state index in [4.69, 9.17) is 19.9 Å². The van der Waals surface area contributed by atoms with Crippen molar-refractivity contribution in [3.05, 3.63) is 17.7 Å². The lowest BCUT2D eigenvalue weighted by atomic mass is 10.1. The Morgan fingerprint density at radius 2 is 1.58 bits per heavy atom. The average Bonchev–Trinajstić information content (AvgIpc) is 2.70. The summed E-state index contributed by atoms with van der Waals surface area (Å²) < 4.78 is 16.0. The lowest BCUT2D eigenvalue weighted by Gasteiger charge is -2.35. The molecule has 1 saturated heterocycles. The molecule has 2 rings (SSSR count). The van der Waals surface area contributed by atoms with E-state index in [-0.39, 0.29) is 11.8 Å². The maximum Gasteiger partial charge on any atom is 0.257 e. The molecular formula is C18H27N3O5. The Morgan fingerprint density at radius 1 is 0.962 bits per heavy atom. The van der Waals surface area contributed by atoms with E-state index >= 15 is 0 Å².